The number of ether oxygens (including phenoxy) is 2. The van der Waals surface area contributed by atoms with Crippen LogP contribution in [0.5, 0.6) is 11.5 Å². The highest BCUT2D eigenvalue weighted by Gasteiger charge is 2.29. The van der Waals surface area contributed by atoms with E-state index in [1.165, 1.54) is 0 Å². The third kappa shape index (κ3) is 2.19. The molecule has 0 fully saturated rings. The van der Waals surface area contributed by atoms with Gasteiger partial charge in [0.05, 0.1) is 7.11 Å². The Hall–Kier alpha value is -2.29. The van der Waals surface area contributed by atoms with Gasteiger partial charge in [-0.3, -0.25) is 4.79 Å². The number of carbonyl (C=O) groups is 1. The molecule has 19 heavy (non-hydrogen) atoms. The SMILES string of the molecule is COc1cccc(C2Oc3ccccc3CC2=O)c1. The van der Waals surface area contributed by atoms with Gasteiger partial charge in [-0.25, -0.2) is 0 Å². The molecule has 0 saturated carbocycles. The number of methoxy groups -OCH3 is 1. The first-order chi connectivity index (χ1) is 9.28. The lowest BCUT2D eigenvalue weighted by molar-refractivity contribution is -0.126. The zero-order chi connectivity index (χ0) is 13.2. The molecule has 3 heteroatoms. The Kier molecular flexibility index (Phi) is 2.95. The topological polar surface area (TPSA) is 35.5 Å². The molecular formula is C16H14O3. The van der Waals surface area contributed by atoms with Crippen LogP contribution in [0, 0.1) is 0 Å². The predicted octanol–water partition coefficient (Wildman–Crippen LogP) is 2.94. The maximum absolute atomic E-state index is 12.2. The van der Waals surface area contributed by atoms with Gasteiger partial charge in [0.1, 0.15) is 11.5 Å². The number of carbonyl (C=O) groups excluding carboxylic acids is 1. The van der Waals surface area contributed by atoms with Crippen LogP contribution in [0.15, 0.2) is 48.5 Å². The monoisotopic (exact) mass is 254 g/mol. The molecule has 1 heterocycles. The summed E-state index contributed by atoms with van der Waals surface area (Å²) < 4.78 is 11.0. The first-order valence-electron chi connectivity index (χ1n) is 6.19. The normalized spacial score (nSPS) is 17.5. The molecule has 0 bridgehead atoms. The number of hydrogen-bond donors (Lipinski definition) is 0. The van der Waals surface area contributed by atoms with Gasteiger partial charge in [0.15, 0.2) is 11.9 Å². The van der Waals surface area contributed by atoms with Gasteiger partial charge in [0.2, 0.25) is 0 Å². The molecule has 0 saturated heterocycles. The molecule has 1 aliphatic heterocycles. The van der Waals surface area contributed by atoms with Crippen LogP contribution in [0.4, 0.5) is 0 Å². The number of para-hydroxylation sites is 1. The van der Waals surface area contributed by atoms with Crippen molar-refractivity contribution in [2.45, 2.75) is 12.5 Å². The zero-order valence-electron chi connectivity index (χ0n) is 10.6. The Labute approximate surface area is 111 Å². The third-order valence-corrected chi connectivity index (χ3v) is 3.27. The van der Waals surface area contributed by atoms with Crippen molar-refractivity contribution in [3.8, 4) is 11.5 Å². The Morgan fingerprint density at radius 3 is 2.84 bits per heavy atom. The Morgan fingerprint density at radius 2 is 2.00 bits per heavy atom. The van der Waals surface area contributed by atoms with Crippen molar-refractivity contribution in [3.63, 3.8) is 0 Å². The van der Waals surface area contributed by atoms with Gasteiger partial charge < -0.3 is 9.47 Å². The van der Waals surface area contributed by atoms with E-state index < -0.39 is 6.10 Å². The van der Waals surface area contributed by atoms with Crippen LogP contribution in [0.25, 0.3) is 0 Å². The largest absolute Gasteiger partial charge is 0.497 e. The highest BCUT2D eigenvalue weighted by atomic mass is 16.5. The van der Waals surface area contributed by atoms with Gasteiger partial charge in [-0.2, -0.15) is 0 Å². The van der Waals surface area contributed by atoms with E-state index in [2.05, 4.69) is 0 Å². The first-order valence-corrected chi connectivity index (χ1v) is 6.19. The molecule has 1 aliphatic rings. The average Bonchev–Trinajstić information content (AvgIpc) is 2.46. The highest BCUT2D eigenvalue weighted by molar-refractivity contribution is 5.88. The zero-order valence-corrected chi connectivity index (χ0v) is 10.6. The minimum absolute atomic E-state index is 0.0759. The van der Waals surface area contributed by atoms with Crippen LogP contribution in [-0.2, 0) is 11.2 Å². The van der Waals surface area contributed by atoms with E-state index in [0.717, 1.165) is 22.6 Å². The molecule has 0 aliphatic carbocycles. The van der Waals surface area contributed by atoms with E-state index in [1.807, 2.05) is 48.5 Å². The second kappa shape index (κ2) is 4.76. The highest BCUT2D eigenvalue weighted by Crippen LogP contribution is 2.33. The third-order valence-electron chi connectivity index (χ3n) is 3.27. The van der Waals surface area contributed by atoms with E-state index in [1.54, 1.807) is 7.11 Å². The number of rotatable bonds is 2. The van der Waals surface area contributed by atoms with Crippen LogP contribution in [-0.4, -0.2) is 12.9 Å². The van der Waals surface area contributed by atoms with Gasteiger partial charge in [-0.15, -0.1) is 0 Å². The Morgan fingerprint density at radius 1 is 1.16 bits per heavy atom. The van der Waals surface area contributed by atoms with E-state index in [4.69, 9.17) is 9.47 Å². The molecule has 1 atom stereocenters. The number of Topliss-reactive ketones (excluding diaryl/α,β-unsaturated/α-hetero) is 1. The molecule has 0 amide bonds. The summed E-state index contributed by atoms with van der Waals surface area (Å²) in [5, 5.41) is 0. The summed E-state index contributed by atoms with van der Waals surface area (Å²) in [6.45, 7) is 0. The van der Waals surface area contributed by atoms with Crippen molar-refractivity contribution in [1.82, 2.24) is 0 Å². The summed E-state index contributed by atoms with van der Waals surface area (Å²) in [6, 6.07) is 15.1. The van der Waals surface area contributed by atoms with Crippen LogP contribution < -0.4 is 9.47 Å². The maximum Gasteiger partial charge on any atom is 0.182 e. The molecule has 0 aromatic heterocycles. The lowest BCUT2D eigenvalue weighted by Crippen LogP contribution is -2.25. The molecule has 0 radical (unpaired) electrons. The van der Waals surface area contributed by atoms with Crippen molar-refractivity contribution < 1.29 is 14.3 Å². The van der Waals surface area contributed by atoms with Crippen molar-refractivity contribution >= 4 is 5.78 Å². The molecular weight excluding hydrogens is 240 g/mol. The minimum atomic E-state index is -0.537. The van der Waals surface area contributed by atoms with Crippen LogP contribution in [0.1, 0.15) is 17.2 Å². The number of hydrogen-bond acceptors (Lipinski definition) is 3. The van der Waals surface area contributed by atoms with Gasteiger partial charge in [0, 0.05) is 17.5 Å². The number of fused-ring (bicyclic) bond motifs is 1. The Bertz CT molecular complexity index is 619. The standard InChI is InChI=1S/C16H14O3/c1-18-13-7-4-6-12(9-13)16-14(17)10-11-5-2-3-8-15(11)19-16/h2-9,16H,10H2,1H3. The fraction of sp³-hybridized carbons (Fsp3) is 0.188. The predicted molar refractivity (Wildman–Crippen MR) is 71.5 cm³/mol. The first kappa shape index (κ1) is 11.8. The van der Waals surface area contributed by atoms with Crippen molar-refractivity contribution in [2.24, 2.45) is 0 Å². The van der Waals surface area contributed by atoms with E-state index in [9.17, 15) is 4.79 Å². The molecule has 3 nitrogen and oxygen atoms in total. The van der Waals surface area contributed by atoms with Crippen molar-refractivity contribution in [3.05, 3.63) is 59.7 Å². The fourth-order valence-corrected chi connectivity index (χ4v) is 2.30. The molecule has 0 N–H and O–H groups in total. The average molecular weight is 254 g/mol. The molecule has 3 rings (SSSR count). The molecule has 1 unspecified atom stereocenters. The fourth-order valence-electron chi connectivity index (χ4n) is 2.30. The van der Waals surface area contributed by atoms with Crippen LogP contribution in [0.2, 0.25) is 0 Å². The summed E-state index contributed by atoms with van der Waals surface area (Å²) in [5.41, 5.74) is 1.78. The summed E-state index contributed by atoms with van der Waals surface area (Å²) in [7, 11) is 1.61. The second-order valence-electron chi connectivity index (χ2n) is 4.53. The molecule has 2 aromatic carbocycles. The van der Waals surface area contributed by atoms with Gasteiger partial charge in [0.25, 0.3) is 0 Å². The number of benzene rings is 2. The Balaban J connectivity index is 1.96. The minimum Gasteiger partial charge on any atom is -0.497 e. The lowest BCUT2D eigenvalue weighted by atomic mass is 9.96. The summed E-state index contributed by atoms with van der Waals surface area (Å²) in [4.78, 5) is 12.2. The van der Waals surface area contributed by atoms with E-state index in [0.29, 0.717) is 6.42 Å². The summed E-state index contributed by atoms with van der Waals surface area (Å²) >= 11 is 0. The molecule has 0 spiro atoms. The second-order valence-corrected chi connectivity index (χ2v) is 4.53. The number of ketones is 1. The maximum atomic E-state index is 12.2. The quantitative estimate of drug-likeness (QED) is 0.826. The summed E-state index contributed by atoms with van der Waals surface area (Å²) in [6.07, 6.45) is -0.122. The van der Waals surface area contributed by atoms with Crippen molar-refractivity contribution in [1.29, 1.82) is 0 Å². The lowest BCUT2D eigenvalue weighted by Gasteiger charge is -2.25. The van der Waals surface area contributed by atoms with Gasteiger partial charge in [-0.1, -0.05) is 30.3 Å². The van der Waals surface area contributed by atoms with Gasteiger partial charge in [-0.05, 0) is 18.2 Å². The van der Waals surface area contributed by atoms with E-state index in [-0.39, 0.29) is 5.78 Å². The molecule has 2 aromatic rings. The van der Waals surface area contributed by atoms with Crippen molar-refractivity contribution in [2.75, 3.05) is 7.11 Å². The van der Waals surface area contributed by atoms with Crippen LogP contribution in [0.3, 0.4) is 0 Å². The summed E-state index contributed by atoms with van der Waals surface area (Å²) in [5.74, 6) is 1.59. The smallest absolute Gasteiger partial charge is 0.182 e. The molecule has 96 valence electrons. The van der Waals surface area contributed by atoms with Crippen LogP contribution >= 0.6 is 0 Å². The van der Waals surface area contributed by atoms with E-state index >= 15 is 0 Å². The van der Waals surface area contributed by atoms with Gasteiger partial charge >= 0.3 is 0 Å².